The van der Waals surface area contributed by atoms with Crippen LogP contribution in [0.25, 0.3) is 0 Å². The van der Waals surface area contributed by atoms with E-state index < -0.39 is 11.7 Å². The van der Waals surface area contributed by atoms with Crippen molar-refractivity contribution >= 4 is 23.4 Å². The smallest absolute Gasteiger partial charge is 0.259 e. The maximum atomic E-state index is 14.2. The molecule has 0 radical (unpaired) electrons. The van der Waals surface area contributed by atoms with E-state index in [2.05, 4.69) is 10.3 Å². The first kappa shape index (κ1) is 15.2. The topological polar surface area (TPSA) is 42.0 Å². The molecule has 0 saturated carbocycles. The normalized spacial score (nSPS) is 10.3. The molecule has 3 aromatic rings. The summed E-state index contributed by atoms with van der Waals surface area (Å²) in [4.78, 5) is 17.9. The second-order valence-electron chi connectivity index (χ2n) is 4.72. The van der Waals surface area contributed by atoms with Crippen molar-refractivity contribution in [2.24, 2.45) is 0 Å². The fourth-order valence-electron chi connectivity index (χ4n) is 2.05. The van der Waals surface area contributed by atoms with Crippen LogP contribution in [0.3, 0.4) is 0 Å². The van der Waals surface area contributed by atoms with Gasteiger partial charge in [-0.3, -0.25) is 9.78 Å². The van der Waals surface area contributed by atoms with Crippen LogP contribution in [-0.2, 0) is 0 Å². The summed E-state index contributed by atoms with van der Waals surface area (Å²) in [6.07, 6.45) is 3.13. The molecular weight excluding hydrogens is 311 g/mol. The quantitative estimate of drug-likeness (QED) is 0.761. The first-order chi connectivity index (χ1) is 11.2. The first-order valence-corrected chi connectivity index (χ1v) is 7.78. The van der Waals surface area contributed by atoms with E-state index in [1.165, 1.54) is 17.8 Å². The third kappa shape index (κ3) is 3.76. The molecule has 0 aliphatic heterocycles. The standard InChI is InChI=1S/C18H13FN2OS/c19-15-7-4-8-16(23-14-5-2-1-3-6-14)17(15)18(22)21-13-9-11-20-12-10-13/h1-12H,(H,20,21,22). The van der Waals surface area contributed by atoms with E-state index in [1.807, 2.05) is 30.3 Å². The molecule has 1 N–H and O–H groups in total. The fraction of sp³-hybridized carbons (Fsp3) is 0. The SMILES string of the molecule is O=C(Nc1ccncc1)c1c(F)cccc1Sc1ccccc1. The second kappa shape index (κ2) is 7.07. The van der Waals surface area contributed by atoms with E-state index in [-0.39, 0.29) is 5.56 Å². The Bertz CT molecular complexity index is 810. The van der Waals surface area contributed by atoms with Gasteiger partial charge in [0.1, 0.15) is 5.82 Å². The number of rotatable bonds is 4. The molecule has 114 valence electrons. The summed E-state index contributed by atoms with van der Waals surface area (Å²) in [7, 11) is 0. The van der Waals surface area contributed by atoms with Crippen molar-refractivity contribution in [3.8, 4) is 0 Å². The highest BCUT2D eigenvalue weighted by Crippen LogP contribution is 2.31. The van der Waals surface area contributed by atoms with E-state index in [0.717, 1.165) is 4.90 Å². The predicted molar refractivity (Wildman–Crippen MR) is 89.2 cm³/mol. The lowest BCUT2D eigenvalue weighted by atomic mass is 10.2. The number of hydrogen-bond donors (Lipinski definition) is 1. The van der Waals surface area contributed by atoms with Crippen molar-refractivity contribution in [1.29, 1.82) is 0 Å². The molecule has 1 heterocycles. The molecule has 0 aliphatic rings. The van der Waals surface area contributed by atoms with E-state index in [1.54, 1.807) is 36.7 Å². The van der Waals surface area contributed by atoms with E-state index in [9.17, 15) is 9.18 Å². The molecule has 0 aliphatic carbocycles. The van der Waals surface area contributed by atoms with Gasteiger partial charge in [0, 0.05) is 27.9 Å². The summed E-state index contributed by atoms with van der Waals surface area (Å²) in [5.41, 5.74) is 0.613. The molecule has 0 bridgehead atoms. The molecule has 0 atom stereocenters. The van der Waals surface area contributed by atoms with Crippen LogP contribution in [0.1, 0.15) is 10.4 Å². The molecule has 0 fully saturated rings. The van der Waals surface area contributed by atoms with Crippen LogP contribution in [0.4, 0.5) is 10.1 Å². The molecule has 3 nitrogen and oxygen atoms in total. The zero-order valence-corrected chi connectivity index (χ0v) is 12.9. The Morgan fingerprint density at radius 2 is 1.70 bits per heavy atom. The number of carbonyl (C=O) groups is 1. The minimum absolute atomic E-state index is 0.0400. The minimum Gasteiger partial charge on any atom is -0.322 e. The number of benzene rings is 2. The van der Waals surface area contributed by atoms with Crippen LogP contribution in [0.2, 0.25) is 0 Å². The van der Waals surface area contributed by atoms with Crippen LogP contribution in [-0.4, -0.2) is 10.9 Å². The fourth-order valence-corrected chi connectivity index (χ4v) is 3.04. The Balaban J connectivity index is 1.90. The molecule has 23 heavy (non-hydrogen) atoms. The number of nitrogens with one attached hydrogen (secondary N) is 1. The highest BCUT2D eigenvalue weighted by Gasteiger charge is 2.17. The van der Waals surface area contributed by atoms with Crippen LogP contribution in [0, 0.1) is 5.82 Å². The van der Waals surface area contributed by atoms with Gasteiger partial charge >= 0.3 is 0 Å². The van der Waals surface area contributed by atoms with E-state index in [0.29, 0.717) is 10.6 Å². The number of anilines is 1. The van der Waals surface area contributed by atoms with Gasteiger partial charge in [-0.15, -0.1) is 0 Å². The average Bonchev–Trinajstić information content (AvgIpc) is 2.57. The number of aromatic nitrogens is 1. The highest BCUT2D eigenvalue weighted by atomic mass is 32.2. The van der Waals surface area contributed by atoms with Crippen molar-refractivity contribution in [2.75, 3.05) is 5.32 Å². The summed E-state index contributed by atoms with van der Waals surface area (Å²) >= 11 is 1.35. The van der Waals surface area contributed by atoms with Crippen LogP contribution < -0.4 is 5.32 Å². The van der Waals surface area contributed by atoms with E-state index in [4.69, 9.17) is 0 Å². The zero-order valence-electron chi connectivity index (χ0n) is 12.1. The van der Waals surface area contributed by atoms with Crippen molar-refractivity contribution in [3.05, 3.63) is 84.4 Å². The highest BCUT2D eigenvalue weighted by molar-refractivity contribution is 7.99. The summed E-state index contributed by atoms with van der Waals surface area (Å²) in [6, 6.07) is 17.5. The summed E-state index contributed by atoms with van der Waals surface area (Å²) in [5, 5.41) is 2.69. The monoisotopic (exact) mass is 324 g/mol. The second-order valence-corrected chi connectivity index (χ2v) is 5.83. The van der Waals surface area contributed by atoms with Crippen LogP contribution >= 0.6 is 11.8 Å². The molecule has 0 spiro atoms. The van der Waals surface area contributed by atoms with Gasteiger partial charge in [-0.2, -0.15) is 0 Å². The Kier molecular flexibility index (Phi) is 4.68. The Hall–Kier alpha value is -2.66. The molecule has 1 amide bonds. The Morgan fingerprint density at radius 3 is 2.43 bits per heavy atom. The predicted octanol–water partition coefficient (Wildman–Crippen LogP) is 4.62. The Labute approximate surface area is 137 Å². The summed E-state index contributed by atoms with van der Waals surface area (Å²) in [5.74, 6) is -1.02. The number of nitrogens with zero attached hydrogens (tertiary/aromatic N) is 1. The molecular formula is C18H13FN2OS. The first-order valence-electron chi connectivity index (χ1n) is 6.97. The van der Waals surface area contributed by atoms with Crippen molar-refractivity contribution < 1.29 is 9.18 Å². The summed E-state index contributed by atoms with van der Waals surface area (Å²) < 4.78 is 14.2. The lowest BCUT2D eigenvalue weighted by Gasteiger charge is -2.11. The van der Waals surface area contributed by atoms with Gasteiger partial charge in [0.25, 0.3) is 5.91 Å². The van der Waals surface area contributed by atoms with Gasteiger partial charge in [-0.05, 0) is 36.4 Å². The molecule has 2 aromatic carbocycles. The minimum atomic E-state index is -0.544. The zero-order chi connectivity index (χ0) is 16.1. The van der Waals surface area contributed by atoms with Gasteiger partial charge in [0.15, 0.2) is 0 Å². The number of halogens is 1. The van der Waals surface area contributed by atoms with Crippen LogP contribution in [0.15, 0.2) is 82.8 Å². The molecule has 1 aromatic heterocycles. The third-order valence-electron chi connectivity index (χ3n) is 3.11. The van der Waals surface area contributed by atoms with Crippen LogP contribution in [0.5, 0.6) is 0 Å². The molecule has 5 heteroatoms. The number of amides is 1. The Morgan fingerprint density at radius 1 is 0.957 bits per heavy atom. The average molecular weight is 324 g/mol. The van der Waals surface area contributed by atoms with Crippen molar-refractivity contribution in [2.45, 2.75) is 9.79 Å². The van der Waals surface area contributed by atoms with Crippen molar-refractivity contribution in [3.63, 3.8) is 0 Å². The van der Waals surface area contributed by atoms with Gasteiger partial charge in [0.05, 0.1) is 5.56 Å². The third-order valence-corrected chi connectivity index (χ3v) is 4.18. The molecule has 0 saturated heterocycles. The van der Waals surface area contributed by atoms with Gasteiger partial charge in [0.2, 0.25) is 0 Å². The number of pyridine rings is 1. The molecule has 3 rings (SSSR count). The number of hydrogen-bond acceptors (Lipinski definition) is 3. The van der Waals surface area contributed by atoms with Gasteiger partial charge in [-0.25, -0.2) is 4.39 Å². The van der Waals surface area contributed by atoms with E-state index >= 15 is 0 Å². The number of carbonyl (C=O) groups excluding carboxylic acids is 1. The summed E-state index contributed by atoms with van der Waals surface area (Å²) in [6.45, 7) is 0. The largest absolute Gasteiger partial charge is 0.322 e. The maximum Gasteiger partial charge on any atom is 0.259 e. The van der Waals surface area contributed by atoms with Crippen molar-refractivity contribution in [1.82, 2.24) is 4.98 Å². The maximum absolute atomic E-state index is 14.2. The lowest BCUT2D eigenvalue weighted by Crippen LogP contribution is -2.15. The van der Waals surface area contributed by atoms with Gasteiger partial charge < -0.3 is 5.32 Å². The molecule has 0 unspecified atom stereocenters. The van der Waals surface area contributed by atoms with Gasteiger partial charge in [-0.1, -0.05) is 36.0 Å². The lowest BCUT2D eigenvalue weighted by molar-refractivity contribution is 0.102.